The van der Waals surface area contributed by atoms with Crippen molar-refractivity contribution in [3.8, 4) is 0 Å². The van der Waals surface area contributed by atoms with E-state index in [4.69, 9.17) is 9.73 Å². The van der Waals surface area contributed by atoms with Gasteiger partial charge in [0.1, 0.15) is 0 Å². The minimum Gasteiger partial charge on any atom is -0.384 e. The third kappa shape index (κ3) is 7.72. The first kappa shape index (κ1) is 24.4. The normalized spacial score (nSPS) is 21.3. The van der Waals surface area contributed by atoms with Gasteiger partial charge in [-0.15, -0.1) is 24.0 Å². The molecule has 0 aliphatic carbocycles. The Bertz CT molecular complexity index is 614. The zero-order valence-corrected chi connectivity index (χ0v) is 20.7. The number of hydrogen-bond acceptors (Lipinski definition) is 3. The number of aryl methyl sites for hydroxylation is 1. The first-order chi connectivity index (χ1) is 13.7. The highest BCUT2D eigenvalue weighted by Crippen LogP contribution is 2.21. The second kappa shape index (κ2) is 12.7. The zero-order valence-electron chi connectivity index (χ0n) is 18.4. The molecule has 2 fully saturated rings. The number of ether oxygens (including phenoxy) is 1. The highest BCUT2D eigenvalue weighted by Gasteiger charge is 2.25. The van der Waals surface area contributed by atoms with Crippen molar-refractivity contribution in [1.29, 1.82) is 0 Å². The molecule has 3 rings (SSSR count). The van der Waals surface area contributed by atoms with E-state index in [1.165, 1.54) is 43.5 Å². The molecule has 0 amide bonds. The average molecular weight is 514 g/mol. The third-order valence-corrected chi connectivity index (χ3v) is 6.06. The van der Waals surface area contributed by atoms with E-state index in [2.05, 4.69) is 53.2 Å². The van der Waals surface area contributed by atoms with E-state index < -0.39 is 0 Å². The monoisotopic (exact) mass is 514 g/mol. The second-order valence-corrected chi connectivity index (χ2v) is 8.46. The SMILES string of the molecule is CCNC(=NCC1CCN(Cc2ccc(C)cc2)CC1)N1CCC(COC)C1.I. The molecule has 1 unspecified atom stereocenters. The van der Waals surface area contributed by atoms with Gasteiger partial charge < -0.3 is 15.0 Å². The van der Waals surface area contributed by atoms with Gasteiger partial charge in [0.25, 0.3) is 0 Å². The van der Waals surface area contributed by atoms with Crippen molar-refractivity contribution >= 4 is 29.9 Å². The number of benzene rings is 1. The Morgan fingerprint density at radius 3 is 2.45 bits per heavy atom. The van der Waals surface area contributed by atoms with Gasteiger partial charge in [-0.1, -0.05) is 29.8 Å². The summed E-state index contributed by atoms with van der Waals surface area (Å²) in [6, 6.07) is 8.96. The van der Waals surface area contributed by atoms with Crippen LogP contribution in [-0.2, 0) is 11.3 Å². The summed E-state index contributed by atoms with van der Waals surface area (Å²) in [6.45, 7) is 12.6. The molecular formula is C23H39IN4O. The fourth-order valence-corrected chi connectivity index (χ4v) is 4.32. The fourth-order valence-electron chi connectivity index (χ4n) is 4.32. The predicted molar refractivity (Wildman–Crippen MR) is 132 cm³/mol. The number of methoxy groups -OCH3 is 1. The Hall–Kier alpha value is -0.860. The van der Waals surface area contributed by atoms with Crippen molar-refractivity contribution in [2.45, 2.75) is 39.7 Å². The van der Waals surface area contributed by atoms with Gasteiger partial charge >= 0.3 is 0 Å². The third-order valence-electron chi connectivity index (χ3n) is 6.06. The van der Waals surface area contributed by atoms with Crippen molar-refractivity contribution in [2.75, 3.05) is 53.0 Å². The first-order valence-electron chi connectivity index (χ1n) is 11.0. The molecule has 6 heteroatoms. The van der Waals surface area contributed by atoms with Crippen LogP contribution in [0.1, 0.15) is 37.3 Å². The van der Waals surface area contributed by atoms with Crippen LogP contribution in [0, 0.1) is 18.8 Å². The maximum atomic E-state index is 5.34. The summed E-state index contributed by atoms with van der Waals surface area (Å²) in [5.74, 6) is 2.45. The summed E-state index contributed by atoms with van der Waals surface area (Å²) in [7, 11) is 1.80. The van der Waals surface area contributed by atoms with Crippen LogP contribution in [0.5, 0.6) is 0 Å². The number of nitrogens with zero attached hydrogens (tertiary/aromatic N) is 3. The van der Waals surface area contributed by atoms with E-state index >= 15 is 0 Å². The summed E-state index contributed by atoms with van der Waals surface area (Å²) in [5, 5.41) is 3.50. The smallest absolute Gasteiger partial charge is 0.193 e. The molecule has 1 atom stereocenters. The topological polar surface area (TPSA) is 40.1 Å². The van der Waals surface area contributed by atoms with Crippen LogP contribution in [0.15, 0.2) is 29.3 Å². The van der Waals surface area contributed by atoms with Crippen LogP contribution in [0.3, 0.4) is 0 Å². The highest BCUT2D eigenvalue weighted by atomic mass is 127. The van der Waals surface area contributed by atoms with Gasteiger partial charge in [0.05, 0.1) is 6.61 Å². The number of halogens is 1. The number of rotatable bonds is 7. The van der Waals surface area contributed by atoms with Crippen molar-refractivity contribution < 1.29 is 4.74 Å². The number of piperidine rings is 1. The van der Waals surface area contributed by atoms with Crippen LogP contribution in [0.2, 0.25) is 0 Å². The number of hydrogen-bond donors (Lipinski definition) is 1. The van der Waals surface area contributed by atoms with Crippen molar-refractivity contribution in [3.05, 3.63) is 35.4 Å². The summed E-state index contributed by atoms with van der Waals surface area (Å²) in [6.07, 6.45) is 3.71. The Kier molecular flexibility index (Phi) is 10.7. The van der Waals surface area contributed by atoms with Gasteiger partial charge in [0, 0.05) is 45.8 Å². The Labute approximate surface area is 194 Å². The quantitative estimate of drug-likeness (QED) is 0.342. The molecule has 164 valence electrons. The van der Waals surface area contributed by atoms with E-state index in [0.717, 1.165) is 45.3 Å². The van der Waals surface area contributed by atoms with E-state index in [1.807, 2.05) is 0 Å². The van der Waals surface area contributed by atoms with Gasteiger partial charge in [-0.05, 0) is 57.7 Å². The van der Waals surface area contributed by atoms with E-state index in [9.17, 15) is 0 Å². The van der Waals surface area contributed by atoms with Crippen molar-refractivity contribution in [3.63, 3.8) is 0 Å². The van der Waals surface area contributed by atoms with Gasteiger partial charge in [-0.3, -0.25) is 9.89 Å². The van der Waals surface area contributed by atoms with Gasteiger partial charge in [0.2, 0.25) is 0 Å². The van der Waals surface area contributed by atoms with Crippen LogP contribution in [0.25, 0.3) is 0 Å². The summed E-state index contributed by atoms with van der Waals surface area (Å²) >= 11 is 0. The minimum absolute atomic E-state index is 0. The summed E-state index contributed by atoms with van der Waals surface area (Å²) < 4.78 is 5.34. The standard InChI is InChI=1S/C23H38N4O.HI/c1-4-24-23(27-14-11-22(17-27)18-28-3)25-15-20-9-12-26(13-10-20)16-21-7-5-19(2)6-8-21;/h5-8,20,22H,4,9-18H2,1-3H3,(H,24,25);1H. The Morgan fingerprint density at radius 2 is 1.79 bits per heavy atom. The molecule has 0 aromatic heterocycles. The molecule has 0 radical (unpaired) electrons. The lowest BCUT2D eigenvalue weighted by Gasteiger charge is -2.31. The van der Waals surface area contributed by atoms with Crippen LogP contribution in [0.4, 0.5) is 0 Å². The molecule has 0 saturated carbocycles. The lowest BCUT2D eigenvalue weighted by molar-refractivity contribution is 0.157. The lowest BCUT2D eigenvalue weighted by atomic mass is 9.96. The van der Waals surface area contributed by atoms with Crippen LogP contribution in [-0.4, -0.2) is 68.7 Å². The molecule has 29 heavy (non-hydrogen) atoms. The second-order valence-electron chi connectivity index (χ2n) is 8.46. The maximum absolute atomic E-state index is 5.34. The molecule has 2 saturated heterocycles. The predicted octanol–water partition coefficient (Wildman–Crippen LogP) is 3.76. The van der Waals surface area contributed by atoms with Crippen LogP contribution < -0.4 is 5.32 Å². The zero-order chi connectivity index (χ0) is 19.8. The molecule has 2 heterocycles. The van der Waals surface area contributed by atoms with E-state index in [-0.39, 0.29) is 24.0 Å². The van der Waals surface area contributed by atoms with Crippen LogP contribution >= 0.6 is 24.0 Å². The molecular weight excluding hydrogens is 475 g/mol. The molecule has 1 aromatic carbocycles. The Morgan fingerprint density at radius 1 is 1.10 bits per heavy atom. The minimum atomic E-state index is 0. The molecule has 5 nitrogen and oxygen atoms in total. The molecule has 1 aromatic rings. The first-order valence-corrected chi connectivity index (χ1v) is 11.0. The molecule has 0 spiro atoms. The molecule has 2 aliphatic rings. The summed E-state index contributed by atoms with van der Waals surface area (Å²) in [4.78, 5) is 10.0. The molecule has 2 aliphatic heterocycles. The fraction of sp³-hybridized carbons (Fsp3) is 0.696. The number of guanidine groups is 1. The number of likely N-dealkylation sites (tertiary alicyclic amines) is 2. The average Bonchev–Trinajstić information content (AvgIpc) is 3.17. The highest BCUT2D eigenvalue weighted by molar-refractivity contribution is 14.0. The summed E-state index contributed by atoms with van der Waals surface area (Å²) in [5.41, 5.74) is 2.76. The lowest BCUT2D eigenvalue weighted by Crippen LogP contribution is -2.41. The van der Waals surface area contributed by atoms with Crippen molar-refractivity contribution in [1.82, 2.24) is 15.1 Å². The van der Waals surface area contributed by atoms with E-state index in [1.54, 1.807) is 7.11 Å². The number of nitrogens with one attached hydrogen (secondary N) is 1. The van der Waals surface area contributed by atoms with Gasteiger partial charge in [-0.2, -0.15) is 0 Å². The van der Waals surface area contributed by atoms with Gasteiger partial charge in [0.15, 0.2) is 5.96 Å². The van der Waals surface area contributed by atoms with E-state index in [0.29, 0.717) is 11.8 Å². The molecule has 1 N–H and O–H groups in total. The maximum Gasteiger partial charge on any atom is 0.193 e. The largest absolute Gasteiger partial charge is 0.384 e. The van der Waals surface area contributed by atoms with Crippen molar-refractivity contribution in [2.24, 2.45) is 16.8 Å². The van der Waals surface area contributed by atoms with Gasteiger partial charge in [-0.25, -0.2) is 0 Å². The number of aliphatic imine (C=N–C) groups is 1. The molecule has 0 bridgehead atoms. The Balaban J connectivity index is 0.00000300.